The first kappa shape index (κ1) is 13.8. The maximum atomic E-state index is 12.0. The van der Waals surface area contributed by atoms with Gasteiger partial charge in [-0.2, -0.15) is 0 Å². The largest absolute Gasteiger partial charge is 0.365 e. The maximum Gasteiger partial charge on any atom is 0.249 e. The summed E-state index contributed by atoms with van der Waals surface area (Å²) in [5.74, 6) is 0.483. The van der Waals surface area contributed by atoms with E-state index in [1.165, 1.54) is 19.3 Å². The highest BCUT2D eigenvalue weighted by molar-refractivity contribution is 5.80. The van der Waals surface area contributed by atoms with Crippen LogP contribution in [0.3, 0.4) is 0 Å². The van der Waals surface area contributed by atoms with Crippen LogP contribution in [-0.4, -0.2) is 30.7 Å². The van der Waals surface area contributed by atoms with Gasteiger partial charge in [0.2, 0.25) is 5.91 Å². The number of amides is 1. The van der Waals surface area contributed by atoms with E-state index in [1.807, 2.05) is 6.92 Å². The van der Waals surface area contributed by atoms with Gasteiger partial charge in [0.15, 0.2) is 0 Å². The molecule has 2 saturated carbocycles. The van der Waals surface area contributed by atoms with E-state index in [1.54, 1.807) is 0 Å². The monoisotopic (exact) mass is 254 g/mol. The van der Waals surface area contributed by atoms with Crippen LogP contribution in [0.25, 0.3) is 0 Å². The molecule has 0 spiro atoms. The van der Waals surface area contributed by atoms with Crippen LogP contribution < -0.4 is 11.1 Å². The van der Waals surface area contributed by atoms with Crippen molar-refractivity contribution >= 4 is 5.91 Å². The summed E-state index contributed by atoms with van der Waals surface area (Å²) in [5, 5.41) is 3.09. The topological polar surface area (TPSA) is 64.3 Å². The molecule has 104 valence electrons. The Morgan fingerprint density at radius 2 is 2.00 bits per heavy atom. The maximum absolute atomic E-state index is 12.0. The third kappa shape index (κ3) is 3.45. The second kappa shape index (κ2) is 6.53. The Balaban J connectivity index is 1.75. The lowest BCUT2D eigenvalue weighted by Gasteiger charge is -2.24. The van der Waals surface area contributed by atoms with Gasteiger partial charge in [-0.25, -0.2) is 0 Å². The third-order valence-corrected chi connectivity index (χ3v) is 4.34. The minimum Gasteiger partial charge on any atom is -0.365 e. The van der Waals surface area contributed by atoms with Crippen LogP contribution in [0.1, 0.15) is 51.9 Å². The van der Waals surface area contributed by atoms with Gasteiger partial charge in [-0.15, -0.1) is 0 Å². The Morgan fingerprint density at radius 3 is 2.67 bits per heavy atom. The molecule has 3 N–H and O–H groups in total. The zero-order chi connectivity index (χ0) is 13.0. The van der Waals surface area contributed by atoms with Crippen LogP contribution in [0.15, 0.2) is 0 Å². The van der Waals surface area contributed by atoms with Crippen LogP contribution in [0.5, 0.6) is 0 Å². The smallest absolute Gasteiger partial charge is 0.249 e. The number of nitrogens with one attached hydrogen (secondary N) is 1. The molecule has 0 saturated heterocycles. The molecule has 0 aliphatic heterocycles. The average Bonchev–Trinajstić information content (AvgIpc) is 2.99. The van der Waals surface area contributed by atoms with Gasteiger partial charge >= 0.3 is 0 Å². The Hall–Kier alpha value is -0.610. The highest BCUT2D eigenvalue weighted by atomic mass is 16.5. The third-order valence-electron chi connectivity index (χ3n) is 4.34. The van der Waals surface area contributed by atoms with E-state index < -0.39 is 0 Å². The highest BCUT2D eigenvalue weighted by Crippen LogP contribution is 2.28. The van der Waals surface area contributed by atoms with Gasteiger partial charge < -0.3 is 15.8 Å². The van der Waals surface area contributed by atoms with Crippen LogP contribution in [0, 0.1) is 5.92 Å². The summed E-state index contributed by atoms with van der Waals surface area (Å²) in [6, 6.07) is 0.373. The second-order valence-electron chi connectivity index (χ2n) is 5.73. The molecular formula is C14H26N2O2. The number of hydrogen-bond acceptors (Lipinski definition) is 3. The molecule has 3 atom stereocenters. The lowest BCUT2D eigenvalue weighted by atomic mass is 10.1. The second-order valence-corrected chi connectivity index (χ2v) is 5.73. The van der Waals surface area contributed by atoms with Crippen molar-refractivity contribution in [2.24, 2.45) is 11.7 Å². The molecule has 0 bridgehead atoms. The van der Waals surface area contributed by atoms with Crippen molar-refractivity contribution in [2.75, 3.05) is 6.54 Å². The number of nitrogens with two attached hydrogens (primary N) is 1. The molecule has 0 aromatic rings. The van der Waals surface area contributed by atoms with Gasteiger partial charge in [0.05, 0.1) is 6.10 Å². The van der Waals surface area contributed by atoms with Gasteiger partial charge in [-0.05, 0) is 45.1 Å². The van der Waals surface area contributed by atoms with E-state index >= 15 is 0 Å². The molecule has 3 unspecified atom stereocenters. The van der Waals surface area contributed by atoms with Crippen LogP contribution in [0.2, 0.25) is 0 Å². The quantitative estimate of drug-likeness (QED) is 0.783. The molecule has 18 heavy (non-hydrogen) atoms. The summed E-state index contributed by atoms with van der Waals surface area (Å²) in [6.45, 7) is 2.53. The minimum absolute atomic E-state index is 0.0459. The Kier molecular flexibility index (Phi) is 5.01. The lowest BCUT2D eigenvalue weighted by molar-refractivity contribution is -0.137. The van der Waals surface area contributed by atoms with E-state index in [4.69, 9.17) is 10.5 Å². The summed E-state index contributed by atoms with van der Waals surface area (Å²) in [5.41, 5.74) is 5.73. The fourth-order valence-corrected chi connectivity index (χ4v) is 3.16. The first-order valence-corrected chi connectivity index (χ1v) is 7.36. The van der Waals surface area contributed by atoms with Gasteiger partial charge in [0.25, 0.3) is 0 Å². The fourth-order valence-electron chi connectivity index (χ4n) is 3.16. The first-order chi connectivity index (χ1) is 8.70. The lowest BCUT2D eigenvalue weighted by Crippen LogP contribution is -2.42. The Bertz CT molecular complexity index is 277. The van der Waals surface area contributed by atoms with E-state index in [-0.39, 0.29) is 18.1 Å². The van der Waals surface area contributed by atoms with Crippen molar-refractivity contribution in [3.05, 3.63) is 0 Å². The number of carbonyl (C=O) groups excluding carboxylic acids is 1. The van der Waals surface area contributed by atoms with Crippen LogP contribution in [-0.2, 0) is 9.53 Å². The number of ether oxygens (including phenoxy) is 1. The number of rotatable bonds is 5. The minimum atomic E-state index is -0.345. The zero-order valence-electron chi connectivity index (χ0n) is 11.4. The van der Waals surface area contributed by atoms with E-state index in [0.29, 0.717) is 18.5 Å². The predicted molar refractivity (Wildman–Crippen MR) is 71.1 cm³/mol. The molecule has 2 aliphatic carbocycles. The molecule has 1 amide bonds. The summed E-state index contributed by atoms with van der Waals surface area (Å²) in [6.07, 6.45) is 7.89. The van der Waals surface area contributed by atoms with Gasteiger partial charge in [0.1, 0.15) is 6.10 Å². The molecule has 2 rings (SSSR count). The molecule has 0 aromatic heterocycles. The van der Waals surface area contributed by atoms with Crippen molar-refractivity contribution in [1.82, 2.24) is 5.32 Å². The van der Waals surface area contributed by atoms with Crippen molar-refractivity contribution < 1.29 is 9.53 Å². The standard InChI is InChI=1S/C14H26N2O2/c1-10(14(17)16-12-6-2-3-7-12)18-13-8-4-5-11(13)9-15/h10-13H,2-9,15H2,1H3,(H,16,17). The molecule has 0 aromatic carbocycles. The van der Waals surface area contributed by atoms with Crippen molar-refractivity contribution in [3.8, 4) is 0 Å². The van der Waals surface area contributed by atoms with Crippen molar-refractivity contribution in [2.45, 2.75) is 70.1 Å². The van der Waals surface area contributed by atoms with Crippen molar-refractivity contribution in [3.63, 3.8) is 0 Å². The first-order valence-electron chi connectivity index (χ1n) is 7.36. The van der Waals surface area contributed by atoms with E-state index in [2.05, 4.69) is 5.32 Å². The average molecular weight is 254 g/mol. The van der Waals surface area contributed by atoms with Gasteiger partial charge in [-0.3, -0.25) is 4.79 Å². The number of carbonyl (C=O) groups is 1. The summed E-state index contributed by atoms with van der Waals surface area (Å²) < 4.78 is 5.89. The van der Waals surface area contributed by atoms with Gasteiger partial charge in [0, 0.05) is 6.04 Å². The van der Waals surface area contributed by atoms with Crippen molar-refractivity contribution in [1.29, 1.82) is 0 Å². The summed E-state index contributed by atoms with van der Waals surface area (Å²) in [7, 11) is 0. The fraction of sp³-hybridized carbons (Fsp3) is 0.929. The molecule has 2 fully saturated rings. The molecule has 4 heteroatoms. The molecule has 0 radical (unpaired) electrons. The summed E-state index contributed by atoms with van der Waals surface area (Å²) in [4.78, 5) is 12.0. The van der Waals surface area contributed by atoms with E-state index in [9.17, 15) is 4.79 Å². The Morgan fingerprint density at radius 1 is 1.28 bits per heavy atom. The van der Waals surface area contributed by atoms with Gasteiger partial charge in [-0.1, -0.05) is 19.3 Å². The SMILES string of the molecule is CC(OC1CCCC1CN)C(=O)NC1CCCC1. The molecule has 4 nitrogen and oxygen atoms in total. The zero-order valence-corrected chi connectivity index (χ0v) is 11.4. The van der Waals surface area contributed by atoms with Crippen LogP contribution >= 0.6 is 0 Å². The Labute approximate surface area is 110 Å². The number of hydrogen-bond donors (Lipinski definition) is 2. The normalized spacial score (nSPS) is 30.6. The highest BCUT2D eigenvalue weighted by Gasteiger charge is 2.30. The molecule has 2 aliphatic rings. The molecular weight excluding hydrogens is 228 g/mol. The van der Waals surface area contributed by atoms with E-state index in [0.717, 1.165) is 25.7 Å². The predicted octanol–water partition coefficient (Wildman–Crippen LogP) is 1.58. The van der Waals surface area contributed by atoms with Crippen LogP contribution in [0.4, 0.5) is 0 Å². The molecule has 0 heterocycles. The summed E-state index contributed by atoms with van der Waals surface area (Å²) >= 11 is 0.